The van der Waals surface area contributed by atoms with Gasteiger partial charge in [-0.25, -0.2) is 0 Å². The molecule has 0 amide bonds. The second-order valence-corrected chi connectivity index (χ2v) is 2.35. The van der Waals surface area contributed by atoms with Crippen LogP contribution >= 0.6 is 0 Å². The van der Waals surface area contributed by atoms with Crippen LogP contribution in [0.5, 0.6) is 0 Å². The summed E-state index contributed by atoms with van der Waals surface area (Å²) in [6.07, 6.45) is 4.15. The first-order chi connectivity index (χ1) is 4.77. The second kappa shape index (κ2) is 6.55. The Bertz CT molecular complexity index is 93.6. The van der Waals surface area contributed by atoms with E-state index in [0.29, 0.717) is 13.0 Å². The summed E-state index contributed by atoms with van der Waals surface area (Å²) in [5.41, 5.74) is 5.25. The Hall–Kier alpha value is -0.570. The minimum atomic E-state index is -0.701. The minimum Gasteiger partial charge on any atom is -0.481 e. The topological polar surface area (TPSA) is 63.3 Å². The fourth-order valence-electron chi connectivity index (χ4n) is 0.774. The molecule has 0 saturated heterocycles. The number of carbonyl (C=O) groups is 1. The van der Waals surface area contributed by atoms with Crippen LogP contribution in [-0.2, 0) is 4.79 Å². The van der Waals surface area contributed by atoms with Gasteiger partial charge in [0.05, 0.1) is 0 Å². The summed E-state index contributed by atoms with van der Waals surface area (Å²) in [5, 5.41) is 8.25. The second-order valence-electron chi connectivity index (χ2n) is 2.35. The summed E-state index contributed by atoms with van der Waals surface area (Å²) in [6, 6.07) is 0. The van der Waals surface area contributed by atoms with Crippen molar-refractivity contribution in [1.29, 1.82) is 0 Å². The Kier molecular flexibility index (Phi) is 6.18. The van der Waals surface area contributed by atoms with Gasteiger partial charge in [-0.3, -0.25) is 4.79 Å². The van der Waals surface area contributed by atoms with Crippen molar-refractivity contribution in [1.82, 2.24) is 0 Å². The Balaban J connectivity index is 2.84. The van der Waals surface area contributed by atoms with E-state index in [4.69, 9.17) is 10.8 Å². The van der Waals surface area contributed by atoms with Crippen molar-refractivity contribution in [2.45, 2.75) is 32.1 Å². The zero-order chi connectivity index (χ0) is 7.82. The molecule has 60 valence electrons. The highest BCUT2D eigenvalue weighted by molar-refractivity contribution is 5.66. The smallest absolute Gasteiger partial charge is 0.303 e. The first kappa shape index (κ1) is 9.43. The van der Waals surface area contributed by atoms with Crippen molar-refractivity contribution >= 4 is 5.97 Å². The average molecular weight is 145 g/mol. The van der Waals surface area contributed by atoms with Crippen molar-refractivity contribution in [3.8, 4) is 0 Å². The number of carboxylic acid groups (broad SMARTS) is 1. The molecule has 0 heterocycles. The lowest BCUT2D eigenvalue weighted by Crippen LogP contribution is -1.98. The van der Waals surface area contributed by atoms with E-state index >= 15 is 0 Å². The third-order valence-corrected chi connectivity index (χ3v) is 1.34. The molecule has 3 heteroatoms. The van der Waals surface area contributed by atoms with Gasteiger partial charge in [0.25, 0.3) is 0 Å². The van der Waals surface area contributed by atoms with Crippen LogP contribution in [0.3, 0.4) is 0 Å². The highest BCUT2D eigenvalue weighted by Gasteiger charge is 1.94. The van der Waals surface area contributed by atoms with E-state index in [1.165, 1.54) is 0 Å². The van der Waals surface area contributed by atoms with Crippen LogP contribution in [0.25, 0.3) is 0 Å². The van der Waals surface area contributed by atoms with Gasteiger partial charge in [-0.15, -0.1) is 0 Å². The van der Waals surface area contributed by atoms with E-state index in [-0.39, 0.29) is 0 Å². The van der Waals surface area contributed by atoms with Crippen LogP contribution in [0, 0.1) is 0 Å². The van der Waals surface area contributed by atoms with Crippen molar-refractivity contribution < 1.29 is 9.90 Å². The lowest BCUT2D eigenvalue weighted by molar-refractivity contribution is -0.137. The van der Waals surface area contributed by atoms with Gasteiger partial charge in [0.2, 0.25) is 0 Å². The van der Waals surface area contributed by atoms with Gasteiger partial charge in [-0.1, -0.05) is 12.8 Å². The van der Waals surface area contributed by atoms with Crippen LogP contribution in [0.4, 0.5) is 0 Å². The summed E-state index contributed by atoms with van der Waals surface area (Å²) >= 11 is 0. The molecule has 3 nitrogen and oxygen atoms in total. The lowest BCUT2D eigenvalue weighted by atomic mass is 10.1. The van der Waals surface area contributed by atoms with Gasteiger partial charge < -0.3 is 10.8 Å². The Morgan fingerprint density at radius 2 is 1.80 bits per heavy atom. The number of nitrogens with two attached hydrogens (primary N) is 1. The SMILES string of the molecule is NCCCCCCC(=O)O. The fourth-order valence-corrected chi connectivity index (χ4v) is 0.774. The molecule has 0 unspecified atom stereocenters. The molecule has 0 radical (unpaired) electrons. The number of hydrogen-bond acceptors (Lipinski definition) is 2. The van der Waals surface area contributed by atoms with Gasteiger partial charge >= 0.3 is 5.97 Å². The van der Waals surface area contributed by atoms with Crippen LogP contribution in [-0.4, -0.2) is 17.6 Å². The van der Waals surface area contributed by atoms with Crippen molar-refractivity contribution in [2.75, 3.05) is 6.54 Å². The standard InChI is InChI=1S/C7H15NO2/c8-6-4-2-1-3-5-7(9)10/h1-6,8H2,(H,9,10). The largest absolute Gasteiger partial charge is 0.481 e. The maximum atomic E-state index is 10.0. The summed E-state index contributed by atoms with van der Waals surface area (Å²) in [5.74, 6) is -0.701. The molecule has 0 aliphatic rings. The highest BCUT2D eigenvalue weighted by atomic mass is 16.4. The van der Waals surface area contributed by atoms with Crippen LogP contribution in [0.1, 0.15) is 32.1 Å². The molecule has 0 fully saturated rings. The first-order valence-electron chi connectivity index (χ1n) is 3.69. The molecule has 10 heavy (non-hydrogen) atoms. The van der Waals surface area contributed by atoms with Crippen LogP contribution in [0.15, 0.2) is 0 Å². The summed E-state index contributed by atoms with van der Waals surface area (Å²) in [6.45, 7) is 0.715. The quantitative estimate of drug-likeness (QED) is 0.547. The third-order valence-electron chi connectivity index (χ3n) is 1.34. The van der Waals surface area contributed by atoms with Gasteiger partial charge in [0.1, 0.15) is 0 Å². The molecule has 0 aliphatic heterocycles. The van der Waals surface area contributed by atoms with Crippen molar-refractivity contribution in [2.24, 2.45) is 5.73 Å². The molecule has 0 aromatic carbocycles. The molecule has 0 atom stereocenters. The van der Waals surface area contributed by atoms with E-state index in [1.807, 2.05) is 0 Å². The Morgan fingerprint density at radius 1 is 1.20 bits per heavy atom. The summed E-state index contributed by atoms with van der Waals surface area (Å²) in [4.78, 5) is 10.0. The van der Waals surface area contributed by atoms with E-state index < -0.39 is 5.97 Å². The number of aliphatic carboxylic acids is 1. The summed E-state index contributed by atoms with van der Waals surface area (Å²) < 4.78 is 0. The molecule has 0 spiro atoms. The number of unbranched alkanes of at least 4 members (excludes halogenated alkanes) is 3. The molecule has 0 bridgehead atoms. The first-order valence-corrected chi connectivity index (χ1v) is 3.69. The van der Waals surface area contributed by atoms with E-state index in [9.17, 15) is 4.79 Å². The van der Waals surface area contributed by atoms with Crippen molar-refractivity contribution in [3.63, 3.8) is 0 Å². The molecule has 0 aliphatic carbocycles. The highest BCUT2D eigenvalue weighted by Crippen LogP contribution is 2.01. The molecule has 0 aromatic heterocycles. The van der Waals surface area contributed by atoms with Crippen molar-refractivity contribution in [3.05, 3.63) is 0 Å². The number of rotatable bonds is 6. The third kappa shape index (κ3) is 7.43. The molecular weight excluding hydrogens is 130 g/mol. The monoisotopic (exact) mass is 145 g/mol. The van der Waals surface area contributed by atoms with Gasteiger partial charge in [-0.05, 0) is 19.4 Å². The van der Waals surface area contributed by atoms with Gasteiger partial charge in [0, 0.05) is 6.42 Å². The maximum Gasteiger partial charge on any atom is 0.303 e. The van der Waals surface area contributed by atoms with E-state index in [2.05, 4.69) is 0 Å². The van der Waals surface area contributed by atoms with Gasteiger partial charge in [-0.2, -0.15) is 0 Å². The summed E-state index contributed by atoms with van der Waals surface area (Å²) in [7, 11) is 0. The number of carboxylic acids is 1. The fraction of sp³-hybridized carbons (Fsp3) is 0.857. The Morgan fingerprint density at radius 3 is 2.30 bits per heavy atom. The lowest BCUT2D eigenvalue weighted by Gasteiger charge is -1.95. The zero-order valence-corrected chi connectivity index (χ0v) is 6.18. The van der Waals surface area contributed by atoms with E-state index in [1.54, 1.807) is 0 Å². The Labute approximate surface area is 61.2 Å². The van der Waals surface area contributed by atoms with Gasteiger partial charge in [0.15, 0.2) is 0 Å². The molecular formula is C7H15NO2. The van der Waals surface area contributed by atoms with Crippen LogP contribution in [0.2, 0.25) is 0 Å². The molecule has 0 saturated carbocycles. The number of hydrogen-bond donors (Lipinski definition) is 2. The molecule has 0 aromatic rings. The normalized spacial score (nSPS) is 9.70. The van der Waals surface area contributed by atoms with Crippen LogP contribution < -0.4 is 5.73 Å². The predicted molar refractivity (Wildman–Crippen MR) is 39.8 cm³/mol. The minimum absolute atomic E-state index is 0.296. The van der Waals surface area contributed by atoms with E-state index in [0.717, 1.165) is 25.7 Å². The molecule has 0 rings (SSSR count). The molecule has 3 N–H and O–H groups in total. The predicted octanol–water partition coefficient (Wildman–Crippen LogP) is 0.980. The zero-order valence-electron chi connectivity index (χ0n) is 6.18. The average Bonchev–Trinajstić information content (AvgIpc) is 1.87. The maximum absolute atomic E-state index is 10.0.